The number of amides is 1. The van der Waals surface area contributed by atoms with Gasteiger partial charge in [-0.3, -0.25) is 4.98 Å². The van der Waals surface area contributed by atoms with Crippen molar-refractivity contribution in [3.05, 3.63) is 18.5 Å². The molecule has 0 unspecified atom stereocenters. The maximum Gasteiger partial charge on any atom is 0.404 e. The second kappa shape index (κ2) is 8.65. The summed E-state index contributed by atoms with van der Waals surface area (Å²) < 4.78 is 2.21. The molecule has 0 aliphatic carbocycles. The van der Waals surface area contributed by atoms with Gasteiger partial charge < -0.3 is 16.2 Å². The molecule has 1 amide bonds. The van der Waals surface area contributed by atoms with Crippen molar-refractivity contribution in [1.29, 1.82) is 0 Å². The standard InChI is InChI=1S/C13H22N4O2S/c1-10(2)9-17(5-3-4-16-13(18)19)20-12-6-11(14)7-15-8-12/h6-8,10,16H,3-5,9,14H2,1-2H3,(H,18,19). The van der Waals surface area contributed by atoms with Crippen LogP contribution in [0.1, 0.15) is 20.3 Å². The Morgan fingerprint density at radius 1 is 1.55 bits per heavy atom. The lowest BCUT2D eigenvalue weighted by atomic mass is 10.2. The Morgan fingerprint density at radius 2 is 2.30 bits per heavy atom. The number of nitrogens with two attached hydrogens (primary N) is 1. The van der Waals surface area contributed by atoms with Crippen LogP contribution in [-0.4, -0.2) is 40.1 Å². The van der Waals surface area contributed by atoms with Gasteiger partial charge in [0.1, 0.15) is 0 Å². The number of hydrogen-bond acceptors (Lipinski definition) is 5. The van der Waals surface area contributed by atoms with E-state index in [1.807, 2.05) is 6.07 Å². The maximum absolute atomic E-state index is 10.4. The minimum atomic E-state index is -0.979. The highest BCUT2D eigenvalue weighted by Gasteiger charge is 2.10. The van der Waals surface area contributed by atoms with E-state index >= 15 is 0 Å². The van der Waals surface area contributed by atoms with Crippen LogP contribution in [0.15, 0.2) is 23.4 Å². The Bertz CT molecular complexity index is 429. The second-order valence-electron chi connectivity index (χ2n) is 4.91. The highest BCUT2D eigenvalue weighted by atomic mass is 32.2. The SMILES string of the molecule is CC(C)CN(CCCNC(=O)O)Sc1cncc(N)c1. The van der Waals surface area contributed by atoms with Gasteiger partial charge in [0.15, 0.2) is 0 Å². The van der Waals surface area contributed by atoms with Crippen LogP contribution in [0.4, 0.5) is 10.5 Å². The van der Waals surface area contributed by atoms with E-state index in [4.69, 9.17) is 10.8 Å². The smallest absolute Gasteiger partial charge is 0.404 e. The topological polar surface area (TPSA) is 91.5 Å². The molecule has 0 saturated carbocycles. The molecule has 0 aliphatic rings. The molecule has 0 atom stereocenters. The molecule has 0 aromatic carbocycles. The summed E-state index contributed by atoms with van der Waals surface area (Å²) in [5.41, 5.74) is 6.37. The molecular weight excluding hydrogens is 276 g/mol. The molecule has 1 rings (SSSR count). The number of nitrogen functional groups attached to an aromatic ring is 1. The van der Waals surface area contributed by atoms with Crippen LogP contribution in [0.5, 0.6) is 0 Å². The number of hydrogen-bond donors (Lipinski definition) is 3. The lowest BCUT2D eigenvalue weighted by molar-refractivity contribution is 0.194. The minimum Gasteiger partial charge on any atom is -0.465 e. The number of carbonyl (C=O) groups is 1. The Morgan fingerprint density at radius 3 is 2.90 bits per heavy atom. The normalized spacial score (nSPS) is 11.0. The van der Waals surface area contributed by atoms with E-state index < -0.39 is 6.09 Å². The first-order valence-corrected chi connectivity index (χ1v) is 7.35. The first kappa shape index (κ1) is 16.6. The van der Waals surface area contributed by atoms with Gasteiger partial charge in [-0.1, -0.05) is 13.8 Å². The average Bonchev–Trinajstić information content (AvgIpc) is 2.33. The van der Waals surface area contributed by atoms with Crippen molar-refractivity contribution < 1.29 is 9.90 Å². The molecule has 0 aliphatic heterocycles. The number of nitrogens with zero attached hydrogens (tertiary/aromatic N) is 2. The molecule has 0 spiro atoms. The van der Waals surface area contributed by atoms with Crippen LogP contribution in [0.3, 0.4) is 0 Å². The van der Waals surface area contributed by atoms with E-state index in [0.29, 0.717) is 18.2 Å². The summed E-state index contributed by atoms with van der Waals surface area (Å²) in [6.07, 6.45) is 3.19. The molecule has 1 aromatic rings. The third-order valence-corrected chi connectivity index (χ3v) is 3.42. The number of aromatic nitrogens is 1. The van der Waals surface area contributed by atoms with Gasteiger partial charge in [0, 0.05) is 36.9 Å². The van der Waals surface area contributed by atoms with E-state index in [0.717, 1.165) is 24.4 Å². The van der Waals surface area contributed by atoms with Crippen LogP contribution >= 0.6 is 11.9 Å². The van der Waals surface area contributed by atoms with E-state index in [1.54, 1.807) is 24.3 Å². The zero-order chi connectivity index (χ0) is 15.0. The Balaban J connectivity index is 2.48. The van der Waals surface area contributed by atoms with Crippen LogP contribution in [-0.2, 0) is 0 Å². The van der Waals surface area contributed by atoms with Gasteiger partial charge in [0.25, 0.3) is 0 Å². The Labute approximate surface area is 123 Å². The van der Waals surface area contributed by atoms with Crippen molar-refractivity contribution in [2.24, 2.45) is 5.92 Å². The number of anilines is 1. The summed E-state index contributed by atoms with van der Waals surface area (Å²) in [4.78, 5) is 15.5. The van der Waals surface area contributed by atoms with Gasteiger partial charge in [0.2, 0.25) is 0 Å². The summed E-state index contributed by atoms with van der Waals surface area (Å²) in [6, 6.07) is 1.89. The van der Waals surface area contributed by atoms with E-state index in [9.17, 15) is 4.79 Å². The number of carboxylic acid groups (broad SMARTS) is 1. The minimum absolute atomic E-state index is 0.458. The summed E-state index contributed by atoms with van der Waals surface area (Å²) in [6.45, 7) is 6.49. The number of pyridine rings is 1. The van der Waals surface area contributed by atoms with Crippen molar-refractivity contribution in [1.82, 2.24) is 14.6 Å². The lowest BCUT2D eigenvalue weighted by Gasteiger charge is -2.22. The molecule has 0 fully saturated rings. The molecule has 0 bridgehead atoms. The average molecular weight is 298 g/mol. The van der Waals surface area contributed by atoms with Gasteiger partial charge in [0.05, 0.1) is 5.69 Å². The third kappa shape index (κ3) is 7.20. The first-order valence-electron chi connectivity index (χ1n) is 6.57. The molecule has 6 nitrogen and oxygen atoms in total. The van der Waals surface area contributed by atoms with Crippen LogP contribution in [0, 0.1) is 5.92 Å². The highest BCUT2D eigenvalue weighted by Crippen LogP contribution is 2.24. The van der Waals surface area contributed by atoms with Gasteiger partial charge in [-0.25, -0.2) is 9.10 Å². The fourth-order valence-electron chi connectivity index (χ4n) is 1.67. The first-order chi connectivity index (χ1) is 9.47. The van der Waals surface area contributed by atoms with Crippen molar-refractivity contribution in [3.63, 3.8) is 0 Å². The second-order valence-corrected chi connectivity index (χ2v) is 6.08. The lowest BCUT2D eigenvalue weighted by Crippen LogP contribution is -2.27. The van der Waals surface area contributed by atoms with Crippen molar-refractivity contribution in [2.75, 3.05) is 25.4 Å². The number of rotatable bonds is 8. The largest absolute Gasteiger partial charge is 0.465 e. The Hall–Kier alpha value is -1.47. The van der Waals surface area contributed by atoms with E-state index in [2.05, 4.69) is 28.5 Å². The molecule has 112 valence electrons. The zero-order valence-corrected chi connectivity index (χ0v) is 12.7. The third-order valence-electron chi connectivity index (χ3n) is 2.40. The summed E-state index contributed by atoms with van der Waals surface area (Å²) in [5.74, 6) is 0.531. The maximum atomic E-state index is 10.4. The van der Waals surface area contributed by atoms with Crippen LogP contribution in [0.25, 0.3) is 0 Å². The molecule has 1 heterocycles. The fourth-order valence-corrected chi connectivity index (χ4v) is 2.85. The van der Waals surface area contributed by atoms with Gasteiger partial charge >= 0.3 is 6.09 Å². The zero-order valence-electron chi connectivity index (χ0n) is 11.9. The quantitative estimate of drug-likeness (QED) is 0.504. The highest BCUT2D eigenvalue weighted by molar-refractivity contribution is 7.97. The predicted molar refractivity (Wildman–Crippen MR) is 81.6 cm³/mol. The molecular formula is C13H22N4O2S. The van der Waals surface area contributed by atoms with Crippen molar-refractivity contribution >= 4 is 23.7 Å². The van der Waals surface area contributed by atoms with Gasteiger partial charge in [-0.15, -0.1) is 0 Å². The summed E-state index contributed by atoms with van der Waals surface area (Å²) in [7, 11) is 0. The van der Waals surface area contributed by atoms with Crippen LogP contribution < -0.4 is 11.1 Å². The summed E-state index contributed by atoms with van der Waals surface area (Å²) in [5, 5.41) is 10.9. The molecule has 1 aromatic heterocycles. The molecule has 20 heavy (non-hydrogen) atoms. The van der Waals surface area contributed by atoms with Crippen LogP contribution in [0.2, 0.25) is 0 Å². The van der Waals surface area contributed by atoms with Crippen molar-refractivity contribution in [2.45, 2.75) is 25.2 Å². The molecule has 7 heteroatoms. The molecule has 0 radical (unpaired) electrons. The Kier molecular flexibility index (Phi) is 7.17. The van der Waals surface area contributed by atoms with E-state index in [1.165, 1.54) is 0 Å². The summed E-state index contributed by atoms with van der Waals surface area (Å²) >= 11 is 1.61. The fraction of sp³-hybridized carbons (Fsp3) is 0.538. The molecule has 4 N–H and O–H groups in total. The monoisotopic (exact) mass is 298 g/mol. The van der Waals surface area contributed by atoms with Gasteiger partial charge in [-0.05, 0) is 30.4 Å². The van der Waals surface area contributed by atoms with Gasteiger partial charge in [-0.2, -0.15) is 0 Å². The van der Waals surface area contributed by atoms with E-state index in [-0.39, 0.29) is 0 Å². The molecule has 0 saturated heterocycles. The predicted octanol–water partition coefficient (Wildman–Crippen LogP) is 2.29. The van der Waals surface area contributed by atoms with Crippen molar-refractivity contribution in [3.8, 4) is 0 Å². The number of nitrogens with one attached hydrogen (secondary N) is 1.